The maximum absolute atomic E-state index is 12.9. The van der Waals surface area contributed by atoms with Gasteiger partial charge in [-0.25, -0.2) is 0 Å². The first-order valence-electron chi connectivity index (χ1n) is 10.4. The molecule has 2 aromatic carbocycles. The summed E-state index contributed by atoms with van der Waals surface area (Å²) in [6.07, 6.45) is 6.20. The Morgan fingerprint density at radius 2 is 1.72 bits per heavy atom. The number of anilines is 1. The monoisotopic (exact) mass is 453 g/mol. The minimum atomic E-state index is -0.392. The van der Waals surface area contributed by atoms with Gasteiger partial charge in [0.1, 0.15) is 0 Å². The van der Waals surface area contributed by atoms with Gasteiger partial charge in [-0.1, -0.05) is 18.2 Å². The van der Waals surface area contributed by atoms with E-state index in [1.54, 1.807) is 44.6 Å². The van der Waals surface area contributed by atoms with Crippen molar-refractivity contribution in [3.05, 3.63) is 59.7 Å². The number of thiocarbonyl (C=S) groups is 1. The van der Waals surface area contributed by atoms with Crippen molar-refractivity contribution >= 4 is 40.9 Å². The number of hydrogen-bond acceptors (Lipinski definition) is 5. The van der Waals surface area contributed by atoms with E-state index < -0.39 is 5.91 Å². The fraction of sp³-hybridized carbons (Fsp3) is 0.292. The first kappa shape index (κ1) is 23.3. The summed E-state index contributed by atoms with van der Waals surface area (Å²) < 4.78 is 10.5. The Morgan fingerprint density at radius 1 is 1.00 bits per heavy atom. The summed E-state index contributed by atoms with van der Waals surface area (Å²) in [4.78, 5) is 27.1. The molecule has 8 heteroatoms. The molecule has 1 saturated heterocycles. The Balaban J connectivity index is 1.61. The van der Waals surface area contributed by atoms with E-state index in [1.165, 1.54) is 6.08 Å². The predicted molar refractivity (Wildman–Crippen MR) is 129 cm³/mol. The van der Waals surface area contributed by atoms with Crippen LogP contribution in [0.3, 0.4) is 0 Å². The number of benzene rings is 2. The molecule has 2 N–H and O–H groups in total. The molecule has 2 aromatic rings. The Morgan fingerprint density at radius 3 is 2.44 bits per heavy atom. The lowest BCUT2D eigenvalue weighted by molar-refractivity contribution is -0.115. The van der Waals surface area contributed by atoms with Crippen LogP contribution < -0.4 is 20.1 Å². The Kier molecular flexibility index (Phi) is 8.21. The number of para-hydroxylation sites is 1. The van der Waals surface area contributed by atoms with Gasteiger partial charge in [-0.2, -0.15) is 0 Å². The summed E-state index contributed by atoms with van der Waals surface area (Å²) >= 11 is 5.28. The number of carbonyl (C=O) groups excluding carboxylic acids is 2. The van der Waals surface area contributed by atoms with Gasteiger partial charge in [0.25, 0.3) is 5.91 Å². The summed E-state index contributed by atoms with van der Waals surface area (Å²) in [5.41, 5.74) is 1.87. The summed E-state index contributed by atoms with van der Waals surface area (Å²) in [5.74, 6) is 0.756. The van der Waals surface area contributed by atoms with Gasteiger partial charge < -0.3 is 19.7 Å². The normalized spacial score (nSPS) is 13.5. The zero-order valence-electron chi connectivity index (χ0n) is 18.2. The van der Waals surface area contributed by atoms with E-state index in [4.69, 9.17) is 21.7 Å². The maximum atomic E-state index is 12.9. The van der Waals surface area contributed by atoms with Gasteiger partial charge in [0.2, 0.25) is 5.91 Å². The molecule has 1 fully saturated rings. The Hall–Kier alpha value is -3.39. The lowest BCUT2D eigenvalue weighted by atomic mass is 10.1. The van der Waals surface area contributed by atoms with Crippen LogP contribution in [0.5, 0.6) is 11.5 Å². The topological polar surface area (TPSA) is 79.9 Å². The quantitative estimate of drug-likeness (QED) is 0.511. The lowest BCUT2D eigenvalue weighted by Crippen LogP contribution is -2.37. The number of ether oxygens (including phenoxy) is 2. The van der Waals surface area contributed by atoms with E-state index in [1.807, 2.05) is 23.1 Å². The first-order valence-corrected chi connectivity index (χ1v) is 10.8. The molecule has 168 valence electrons. The van der Waals surface area contributed by atoms with Gasteiger partial charge in [0.15, 0.2) is 16.6 Å². The van der Waals surface area contributed by atoms with Crippen molar-refractivity contribution in [2.75, 3.05) is 32.6 Å². The molecule has 32 heavy (non-hydrogen) atoms. The number of amides is 2. The Labute approximate surface area is 193 Å². The van der Waals surface area contributed by atoms with Gasteiger partial charge >= 0.3 is 0 Å². The highest BCUT2D eigenvalue weighted by atomic mass is 32.1. The molecule has 1 aliphatic rings. The number of piperidine rings is 1. The van der Waals surface area contributed by atoms with Crippen molar-refractivity contribution < 1.29 is 19.1 Å². The fourth-order valence-corrected chi connectivity index (χ4v) is 3.69. The van der Waals surface area contributed by atoms with Crippen molar-refractivity contribution in [2.45, 2.75) is 19.3 Å². The number of carbonyl (C=O) groups is 2. The number of methoxy groups -OCH3 is 2. The van der Waals surface area contributed by atoms with Crippen molar-refractivity contribution in [1.82, 2.24) is 10.2 Å². The summed E-state index contributed by atoms with van der Waals surface area (Å²) in [5, 5.41) is 5.70. The van der Waals surface area contributed by atoms with Gasteiger partial charge in [0, 0.05) is 19.2 Å². The Bertz CT molecular complexity index is 1020. The summed E-state index contributed by atoms with van der Waals surface area (Å²) in [6.45, 7) is 1.52. The van der Waals surface area contributed by atoms with Gasteiger partial charge in [-0.15, -0.1) is 0 Å². The largest absolute Gasteiger partial charge is 0.493 e. The molecule has 1 heterocycles. The smallest absolute Gasteiger partial charge is 0.255 e. The number of likely N-dealkylation sites (tertiary alicyclic amines) is 1. The van der Waals surface area contributed by atoms with E-state index in [2.05, 4.69) is 10.6 Å². The van der Waals surface area contributed by atoms with Crippen LogP contribution in [0.2, 0.25) is 0 Å². The van der Waals surface area contributed by atoms with E-state index in [-0.39, 0.29) is 11.0 Å². The zero-order chi connectivity index (χ0) is 22.9. The van der Waals surface area contributed by atoms with E-state index >= 15 is 0 Å². The van der Waals surface area contributed by atoms with Crippen molar-refractivity contribution in [3.63, 3.8) is 0 Å². The van der Waals surface area contributed by atoms with Crippen LogP contribution in [-0.4, -0.2) is 49.1 Å². The van der Waals surface area contributed by atoms with Gasteiger partial charge in [0.05, 0.1) is 25.5 Å². The molecule has 0 bridgehead atoms. The van der Waals surface area contributed by atoms with Crippen LogP contribution in [0.15, 0.2) is 48.5 Å². The molecule has 7 nitrogen and oxygen atoms in total. The van der Waals surface area contributed by atoms with E-state index in [0.29, 0.717) is 22.7 Å². The molecule has 1 aliphatic heterocycles. The van der Waals surface area contributed by atoms with Crippen LogP contribution in [0.4, 0.5) is 5.69 Å². The molecule has 0 aromatic heterocycles. The van der Waals surface area contributed by atoms with Crippen LogP contribution in [0.1, 0.15) is 35.2 Å². The van der Waals surface area contributed by atoms with Crippen molar-refractivity contribution in [2.24, 2.45) is 0 Å². The minimum absolute atomic E-state index is 0.0322. The first-order chi connectivity index (χ1) is 15.5. The molecule has 0 saturated carbocycles. The molecule has 0 aliphatic carbocycles. The van der Waals surface area contributed by atoms with Crippen molar-refractivity contribution in [3.8, 4) is 11.5 Å². The predicted octanol–water partition coefficient (Wildman–Crippen LogP) is 3.86. The molecular weight excluding hydrogens is 426 g/mol. The molecule has 0 atom stereocenters. The molecule has 2 amide bonds. The molecular formula is C24H27N3O4S. The molecule has 0 unspecified atom stereocenters. The minimum Gasteiger partial charge on any atom is -0.493 e. The maximum Gasteiger partial charge on any atom is 0.255 e. The summed E-state index contributed by atoms with van der Waals surface area (Å²) in [7, 11) is 3.11. The molecule has 0 spiro atoms. The van der Waals surface area contributed by atoms with E-state index in [9.17, 15) is 9.59 Å². The highest BCUT2D eigenvalue weighted by Gasteiger charge is 2.20. The number of rotatable bonds is 6. The van der Waals surface area contributed by atoms with Gasteiger partial charge in [-0.3, -0.25) is 14.9 Å². The molecule has 3 rings (SSSR count). The zero-order valence-corrected chi connectivity index (χ0v) is 19.0. The van der Waals surface area contributed by atoms with Crippen LogP contribution in [0.25, 0.3) is 6.08 Å². The van der Waals surface area contributed by atoms with Crippen LogP contribution >= 0.6 is 12.2 Å². The van der Waals surface area contributed by atoms with Crippen molar-refractivity contribution in [1.29, 1.82) is 0 Å². The number of nitrogens with zero attached hydrogens (tertiary/aromatic N) is 1. The third-order valence-corrected chi connectivity index (χ3v) is 5.32. The third-order valence-electron chi connectivity index (χ3n) is 5.12. The second kappa shape index (κ2) is 11.3. The van der Waals surface area contributed by atoms with Gasteiger partial charge in [-0.05, 0) is 67.4 Å². The highest BCUT2D eigenvalue weighted by molar-refractivity contribution is 7.80. The summed E-state index contributed by atoms with van der Waals surface area (Å²) in [6, 6.07) is 12.5. The number of nitrogens with one attached hydrogen (secondary N) is 2. The SMILES string of the molecule is COc1ccc(/C=C/C(=O)NC(=S)Nc2ccccc2C(=O)N2CCCCC2)cc1OC. The standard InChI is InChI=1S/C24H27N3O4S/c1-30-20-12-10-17(16-21(20)31-2)11-13-22(28)26-24(32)25-19-9-5-4-8-18(19)23(29)27-14-6-3-7-15-27/h4-5,8-13,16H,3,6-7,14-15H2,1-2H3,(H2,25,26,28,32)/b13-11+. The van der Waals surface area contributed by atoms with Crippen LogP contribution in [-0.2, 0) is 4.79 Å². The average molecular weight is 454 g/mol. The van der Waals surface area contributed by atoms with E-state index in [0.717, 1.165) is 37.9 Å². The lowest BCUT2D eigenvalue weighted by Gasteiger charge is -2.27. The highest BCUT2D eigenvalue weighted by Crippen LogP contribution is 2.28. The second-order valence-corrected chi connectivity index (χ2v) is 7.70. The van der Waals surface area contributed by atoms with Crippen LogP contribution in [0, 0.1) is 0 Å². The fourth-order valence-electron chi connectivity index (χ4n) is 3.48. The average Bonchev–Trinajstić information content (AvgIpc) is 2.83. The second-order valence-electron chi connectivity index (χ2n) is 7.29. The number of hydrogen-bond donors (Lipinski definition) is 2. The third kappa shape index (κ3) is 6.07. The molecule has 0 radical (unpaired) electrons.